The van der Waals surface area contributed by atoms with Crippen molar-refractivity contribution in [2.24, 2.45) is 0 Å². The highest BCUT2D eigenvalue weighted by Gasteiger charge is 2.13. The van der Waals surface area contributed by atoms with Gasteiger partial charge in [-0.15, -0.1) is 5.92 Å². The smallest absolute Gasteiger partial charge is 0.306 e. The summed E-state index contributed by atoms with van der Waals surface area (Å²) in [4.78, 5) is 12.0. The van der Waals surface area contributed by atoms with Gasteiger partial charge in [0.1, 0.15) is 6.10 Å². The summed E-state index contributed by atoms with van der Waals surface area (Å²) in [6.07, 6.45) is 15.4. The maximum Gasteiger partial charge on any atom is 0.306 e. The molecule has 0 heterocycles. The third-order valence-corrected chi connectivity index (χ3v) is 3.61. The number of hydrogen-bond acceptors (Lipinski definition) is 2. The van der Waals surface area contributed by atoms with E-state index in [4.69, 9.17) is 4.74 Å². The van der Waals surface area contributed by atoms with Gasteiger partial charge in [-0.05, 0) is 37.3 Å². The number of esters is 1. The van der Waals surface area contributed by atoms with Gasteiger partial charge in [0.15, 0.2) is 0 Å². The lowest BCUT2D eigenvalue weighted by atomic mass is 10.1. The molecule has 0 aromatic carbocycles. The highest BCUT2D eigenvalue weighted by atomic mass is 16.5. The number of allylic oxidation sites excluding steroid dienone is 6. The summed E-state index contributed by atoms with van der Waals surface area (Å²) < 4.78 is 5.61. The molecule has 0 radical (unpaired) electrons. The number of ether oxygens (including phenoxy) is 1. The van der Waals surface area contributed by atoms with Crippen molar-refractivity contribution in [2.45, 2.75) is 64.9 Å². The van der Waals surface area contributed by atoms with Crippen LogP contribution in [0.5, 0.6) is 0 Å². The lowest BCUT2D eigenvalue weighted by Crippen LogP contribution is -2.17. The van der Waals surface area contributed by atoms with Gasteiger partial charge in [-0.2, -0.15) is 0 Å². The van der Waals surface area contributed by atoms with Crippen LogP contribution in [0.3, 0.4) is 0 Å². The maximum atomic E-state index is 12.0. The molecule has 0 spiro atoms. The predicted octanol–water partition coefficient (Wildman–Crippen LogP) is 5.28. The summed E-state index contributed by atoms with van der Waals surface area (Å²) >= 11 is 0. The SMILES string of the molecule is C=C1C=CC/C1=C\CC(CC#CCC)OC(=O)CCC/C=C\C. The van der Waals surface area contributed by atoms with Crippen molar-refractivity contribution in [1.29, 1.82) is 0 Å². The topological polar surface area (TPSA) is 26.3 Å². The van der Waals surface area contributed by atoms with Gasteiger partial charge in [0, 0.05) is 25.7 Å². The lowest BCUT2D eigenvalue weighted by molar-refractivity contribution is -0.148. The molecule has 0 bridgehead atoms. The fourth-order valence-corrected chi connectivity index (χ4v) is 2.31. The van der Waals surface area contributed by atoms with Crippen LogP contribution in [0.1, 0.15) is 58.8 Å². The summed E-state index contributed by atoms with van der Waals surface area (Å²) in [5.41, 5.74) is 2.28. The number of carbonyl (C=O) groups is 1. The van der Waals surface area contributed by atoms with Gasteiger partial charge in [0.2, 0.25) is 0 Å². The molecule has 2 heteroatoms. The molecule has 1 unspecified atom stereocenters. The van der Waals surface area contributed by atoms with E-state index in [1.54, 1.807) is 0 Å². The van der Waals surface area contributed by atoms with Crippen LogP contribution in [0.4, 0.5) is 0 Å². The predicted molar refractivity (Wildman–Crippen MR) is 96.8 cm³/mol. The number of carbonyl (C=O) groups excluding carboxylic acids is 1. The van der Waals surface area contributed by atoms with Gasteiger partial charge >= 0.3 is 5.97 Å². The van der Waals surface area contributed by atoms with Crippen LogP contribution in [0.15, 0.2) is 48.1 Å². The van der Waals surface area contributed by atoms with E-state index in [-0.39, 0.29) is 12.1 Å². The van der Waals surface area contributed by atoms with E-state index < -0.39 is 0 Å². The normalized spacial score (nSPS) is 16.6. The molecule has 0 aliphatic heterocycles. The van der Waals surface area contributed by atoms with E-state index in [0.29, 0.717) is 19.3 Å². The van der Waals surface area contributed by atoms with Gasteiger partial charge in [0.25, 0.3) is 0 Å². The minimum absolute atomic E-state index is 0.125. The zero-order valence-corrected chi connectivity index (χ0v) is 14.4. The second-order valence-electron chi connectivity index (χ2n) is 5.58. The Balaban J connectivity index is 2.50. The Morgan fingerprint density at radius 3 is 2.96 bits per heavy atom. The molecule has 0 amide bonds. The van der Waals surface area contributed by atoms with E-state index in [9.17, 15) is 4.79 Å². The zero-order valence-electron chi connectivity index (χ0n) is 14.4. The van der Waals surface area contributed by atoms with Gasteiger partial charge in [-0.3, -0.25) is 4.79 Å². The van der Waals surface area contributed by atoms with Crippen molar-refractivity contribution in [3.63, 3.8) is 0 Å². The van der Waals surface area contributed by atoms with Crippen LogP contribution >= 0.6 is 0 Å². The summed E-state index contributed by atoms with van der Waals surface area (Å²) in [5, 5.41) is 0. The molecule has 0 saturated heterocycles. The average Bonchev–Trinajstić information content (AvgIpc) is 2.94. The molecule has 23 heavy (non-hydrogen) atoms. The Morgan fingerprint density at radius 1 is 1.48 bits per heavy atom. The number of unbranched alkanes of at least 4 members (excludes halogenated alkanes) is 1. The van der Waals surface area contributed by atoms with Crippen molar-refractivity contribution in [3.8, 4) is 11.8 Å². The Morgan fingerprint density at radius 2 is 2.30 bits per heavy atom. The van der Waals surface area contributed by atoms with Crippen LogP contribution in [0.2, 0.25) is 0 Å². The molecule has 0 saturated carbocycles. The molecule has 2 nitrogen and oxygen atoms in total. The maximum absolute atomic E-state index is 12.0. The van der Waals surface area contributed by atoms with Gasteiger partial charge in [-0.25, -0.2) is 0 Å². The summed E-state index contributed by atoms with van der Waals surface area (Å²) in [7, 11) is 0. The first kappa shape index (κ1) is 19.0. The Hall–Kier alpha value is -2.01. The van der Waals surface area contributed by atoms with Crippen molar-refractivity contribution in [1.82, 2.24) is 0 Å². The molecule has 1 aliphatic rings. The standard InChI is InChI=1S/C21H28O2/c1-4-6-8-10-15-21(22)23-20(14-9-7-5-2)17-16-19-13-11-12-18(19)3/h4,6,11-12,16,20H,3,5,8,10,13-15,17H2,1-2H3/b6-4-,19-16+. The Labute approximate surface area is 141 Å². The van der Waals surface area contributed by atoms with Gasteiger partial charge in [-0.1, -0.05) is 49.8 Å². The number of rotatable bonds is 8. The molecule has 1 rings (SSSR count). The summed E-state index contributed by atoms with van der Waals surface area (Å²) in [6, 6.07) is 0. The third-order valence-electron chi connectivity index (χ3n) is 3.61. The van der Waals surface area contributed by atoms with Crippen molar-refractivity contribution >= 4 is 5.97 Å². The molecule has 0 N–H and O–H groups in total. The second-order valence-corrected chi connectivity index (χ2v) is 5.58. The average molecular weight is 312 g/mol. The minimum Gasteiger partial charge on any atom is -0.461 e. The zero-order chi connectivity index (χ0) is 16.9. The van der Waals surface area contributed by atoms with E-state index >= 15 is 0 Å². The molecule has 124 valence electrons. The summed E-state index contributed by atoms with van der Waals surface area (Å²) in [5.74, 6) is 6.02. The molecule has 1 aliphatic carbocycles. The molecule has 0 aromatic heterocycles. The first-order chi connectivity index (χ1) is 11.2. The molecular formula is C21H28O2. The van der Waals surface area contributed by atoms with Crippen LogP contribution < -0.4 is 0 Å². The lowest BCUT2D eigenvalue weighted by Gasteiger charge is -2.14. The van der Waals surface area contributed by atoms with E-state index in [2.05, 4.69) is 36.6 Å². The quantitative estimate of drug-likeness (QED) is 0.264. The van der Waals surface area contributed by atoms with Gasteiger partial charge < -0.3 is 4.74 Å². The number of hydrogen-bond donors (Lipinski definition) is 0. The highest BCUT2D eigenvalue weighted by molar-refractivity contribution is 5.69. The Bertz CT molecular complexity index is 538. The molecule has 1 atom stereocenters. The van der Waals surface area contributed by atoms with Crippen molar-refractivity contribution in [2.75, 3.05) is 0 Å². The van der Waals surface area contributed by atoms with Crippen LogP contribution in [0.25, 0.3) is 0 Å². The minimum atomic E-state index is -0.163. The van der Waals surface area contributed by atoms with Crippen LogP contribution in [-0.4, -0.2) is 12.1 Å². The third kappa shape index (κ3) is 8.26. The largest absolute Gasteiger partial charge is 0.461 e. The highest BCUT2D eigenvalue weighted by Crippen LogP contribution is 2.23. The first-order valence-electron chi connectivity index (χ1n) is 8.48. The second kappa shape index (κ2) is 11.5. The van der Waals surface area contributed by atoms with E-state index in [0.717, 1.165) is 31.3 Å². The van der Waals surface area contributed by atoms with Crippen molar-refractivity contribution < 1.29 is 9.53 Å². The molecular weight excluding hydrogens is 284 g/mol. The Kier molecular flexibility index (Phi) is 9.55. The first-order valence-corrected chi connectivity index (χ1v) is 8.48. The fraction of sp³-hybridized carbons (Fsp3) is 0.476. The molecule has 0 fully saturated rings. The van der Waals surface area contributed by atoms with Crippen LogP contribution in [0, 0.1) is 11.8 Å². The van der Waals surface area contributed by atoms with E-state index in [1.165, 1.54) is 5.57 Å². The fourth-order valence-electron chi connectivity index (χ4n) is 2.31. The van der Waals surface area contributed by atoms with Crippen LogP contribution in [-0.2, 0) is 9.53 Å². The van der Waals surface area contributed by atoms with Crippen molar-refractivity contribution in [3.05, 3.63) is 48.1 Å². The van der Waals surface area contributed by atoms with E-state index in [1.807, 2.05) is 26.0 Å². The monoisotopic (exact) mass is 312 g/mol. The molecule has 0 aromatic rings. The van der Waals surface area contributed by atoms with Gasteiger partial charge in [0.05, 0.1) is 0 Å². The summed E-state index contributed by atoms with van der Waals surface area (Å²) in [6.45, 7) is 8.02.